The van der Waals surface area contributed by atoms with Gasteiger partial charge >= 0.3 is 0 Å². The summed E-state index contributed by atoms with van der Waals surface area (Å²) in [5.41, 5.74) is 1.39. The van der Waals surface area contributed by atoms with E-state index in [1.807, 2.05) is 105 Å². The third-order valence-corrected chi connectivity index (χ3v) is 8.77. The first-order chi connectivity index (χ1) is 18.8. The molecule has 2 atom stereocenters. The zero-order chi connectivity index (χ0) is 27.7. The maximum Gasteiger partial charge on any atom is 0.243 e. The number of nitrogens with zero attached hydrogens (tertiary/aromatic N) is 1. The summed E-state index contributed by atoms with van der Waals surface area (Å²) in [4.78, 5) is 0.202. The Morgan fingerprint density at radius 2 is 1.38 bits per heavy atom. The second kappa shape index (κ2) is 12.9. The molecule has 0 bridgehead atoms. The summed E-state index contributed by atoms with van der Waals surface area (Å²) in [7, 11) is -3.98. The van der Waals surface area contributed by atoms with Gasteiger partial charge in [0.1, 0.15) is 0 Å². The molecular weight excluding hydrogens is 502 g/mol. The van der Waals surface area contributed by atoms with E-state index in [9.17, 15) is 13.5 Å². The molecule has 2 unspecified atom stereocenters. The Kier molecular flexibility index (Phi) is 9.37. The Morgan fingerprint density at radius 3 is 1.97 bits per heavy atom. The van der Waals surface area contributed by atoms with E-state index >= 15 is 0 Å². The summed E-state index contributed by atoms with van der Waals surface area (Å²) < 4.78 is 30.1. The second-order valence-electron chi connectivity index (χ2n) is 9.74. The van der Waals surface area contributed by atoms with Crippen molar-refractivity contribution in [2.75, 3.05) is 6.54 Å². The van der Waals surface area contributed by atoms with Gasteiger partial charge in [0.05, 0.1) is 10.9 Å². The maximum absolute atomic E-state index is 14.3. The van der Waals surface area contributed by atoms with E-state index in [4.69, 9.17) is 0 Å². The minimum Gasteiger partial charge on any atom is -0.372 e. The molecule has 0 amide bonds. The van der Waals surface area contributed by atoms with Crippen LogP contribution in [0.5, 0.6) is 0 Å². The Balaban J connectivity index is 1.95. The van der Waals surface area contributed by atoms with Crippen molar-refractivity contribution in [3.63, 3.8) is 0 Å². The number of aryl methyl sites for hydroxylation is 1. The molecule has 200 valence electrons. The van der Waals surface area contributed by atoms with Gasteiger partial charge in [-0.3, -0.25) is 0 Å². The van der Waals surface area contributed by atoms with Crippen LogP contribution in [0.2, 0.25) is 0 Å². The van der Waals surface area contributed by atoms with E-state index < -0.39 is 21.7 Å². The average Bonchev–Trinajstić information content (AvgIpc) is 2.97. The Labute approximate surface area is 233 Å². The Hall–Kier alpha value is -3.69. The Bertz CT molecular complexity index is 1490. The minimum absolute atomic E-state index is 0.202. The summed E-state index contributed by atoms with van der Waals surface area (Å²) in [6.45, 7) is 4.21. The van der Waals surface area contributed by atoms with Crippen molar-refractivity contribution in [1.29, 1.82) is 0 Å². The minimum atomic E-state index is -3.98. The number of unbranched alkanes of at least 4 members (excludes halogenated alkanes) is 1. The molecule has 4 aromatic carbocycles. The molecule has 0 aliphatic heterocycles. The highest BCUT2D eigenvalue weighted by Gasteiger charge is 2.45. The van der Waals surface area contributed by atoms with E-state index in [2.05, 4.69) is 11.8 Å². The smallest absolute Gasteiger partial charge is 0.243 e. The van der Waals surface area contributed by atoms with E-state index in [1.165, 1.54) is 4.31 Å². The molecule has 0 aliphatic rings. The van der Waals surface area contributed by atoms with Crippen LogP contribution >= 0.6 is 0 Å². The predicted octanol–water partition coefficient (Wildman–Crippen LogP) is 6.34. The van der Waals surface area contributed by atoms with Crippen LogP contribution in [-0.2, 0) is 22.0 Å². The quantitative estimate of drug-likeness (QED) is 0.240. The lowest BCUT2D eigenvalue weighted by molar-refractivity contribution is 0.0231. The fraction of sp³-hybridized carbons (Fsp3) is 0.235. The lowest BCUT2D eigenvalue weighted by Gasteiger charge is -2.40. The molecule has 4 rings (SSSR count). The first kappa shape index (κ1) is 28.3. The molecule has 4 nitrogen and oxygen atoms in total. The molecule has 0 fully saturated rings. The lowest BCUT2D eigenvalue weighted by atomic mass is 9.83. The van der Waals surface area contributed by atoms with Crippen LogP contribution in [0.15, 0.2) is 120 Å². The summed E-state index contributed by atoms with van der Waals surface area (Å²) in [6.07, 6.45) is 1.73. The monoisotopic (exact) mass is 537 g/mol. The predicted molar refractivity (Wildman–Crippen MR) is 158 cm³/mol. The second-order valence-corrected chi connectivity index (χ2v) is 11.6. The topological polar surface area (TPSA) is 57.6 Å². The molecule has 0 aromatic heterocycles. The van der Waals surface area contributed by atoms with Crippen LogP contribution < -0.4 is 0 Å². The van der Waals surface area contributed by atoms with Gasteiger partial charge in [-0.2, -0.15) is 4.31 Å². The van der Waals surface area contributed by atoms with Crippen LogP contribution in [-0.4, -0.2) is 30.4 Å². The fourth-order valence-corrected chi connectivity index (χ4v) is 6.31. The summed E-state index contributed by atoms with van der Waals surface area (Å²) in [5, 5.41) is 12.6. The molecule has 0 radical (unpaired) electrons. The third kappa shape index (κ3) is 6.85. The molecule has 0 aliphatic carbocycles. The van der Waals surface area contributed by atoms with Crippen LogP contribution in [0, 0.1) is 18.8 Å². The first-order valence-electron chi connectivity index (χ1n) is 13.3. The van der Waals surface area contributed by atoms with Crippen molar-refractivity contribution in [1.82, 2.24) is 4.31 Å². The molecule has 0 spiro atoms. The highest BCUT2D eigenvalue weighted by molar-refractivity contribution is 7.89. The molecule has 1 N–H and O–H groups in total. The summed E-state index contributed by atoms with van der Waals surface area (Å²) in [6, 6.07) is 34.3. The van der Waals surface area contributed by atoms with Gasteiger partial charge in [0.25, 0.3) is 0 Å². The summed E-state index contributed by atoms with van der Waals surface area (Å²) in [5.74, 6) is 6.28. The number of hydrogen-bond acceptors (Lipinski definition) is 3. The highest BCUT2D eigenvalue weighted by atomic mass is 32.2. The van der Waals surface area contributed by atoms with Gasteiger partial charge < -0.3 is 5.11 Å². The fourth-order valence-electron chi connectivity index (χ4n) is 4.63. The average molecular weight is 538 g/mol. The van der Waals surface area contributed by atoms with E-state index in [0.29, 0.717) is 12.0 Å². The number of rotatable bonds is 10. The SMILES string of the molecule is CCCCN(C(Cc1ccccc1)C(O)(C#Cc1ccccc1)c1ccccc1)S(=O)(=O)c1ccc(C)cc1. The van der Waals surface area contributed by atoms with Crippen LogP contribution in [0.3, 0.4) is 0 Å². The van der Waals surface area contributed by atoms with Gasteiger partial charge in [-0.05, 0) is 55.2 Å². The van der Waals surface area contributed by atoms with Crippen molar-refractivity contribution < 1.29 is 13.5 Å². The van der Waals surface area contributed by atoms with E-state index in [-0.39, 0.29) is 17.9 Å². The van der Waals surface area contributed by atoms with Gasteiger partial charge in [0, 0.05) is 12.1 Å². The van der Waals surface area contributed by atoms with Gasteiger partial charge in [-0.25, -0.2) is 8.42 Å². The molecule has 39 heavy (non-hydrogen) atoms. The highest BCUT2D eigenvalue weighted by Crippen LogP contribution is 2.34. The number of sulfonamides is 1. The number of hydrogen-bond donors (Lipinski definition) is 1. The van der Waals surface area contributed by atoms with Crippen molar-refractivity contribution >= 4 is 10.0 Å². The summed E-state index contributed by atoms with van der Waals surface area (Å²) >= 11 is 0. The number of benzene rings is 4. The van der Waals surface area contributed by atoms with Crippen LogP contribution in [0.1, 0.15) is 42.0 Å². The number of aliphatic hydroxyl groups is 1. The molecule has 0 heterocycles. The Morgan fingerprint density at radius 1 is 0.821 bits per heavy atom. The maximum atomic E-state index is 14.3. The molecule has 0 saturated carbocycles. The van der Waals surface area contributed by atoms with Crippen molar-refractivity contribution in [2.24, 2.45) is 0 Å². The molecule has 5 heteroatoms. The zero-order valence-corrected chi connectivity index (χ0v) is 23.3. The molecular formula is C34H35NO3S. The van der Waals surface area contributed by atoms with Gasteiger partial charge in [-0.15, -0.1) is 0 Å². The van der Waals surface area contributed by atoms with Gasteiger partial charge in [0.15, 0.2) is 5.60 Å². The largest absolute Gasteiger partial charge is 0.372 e. The van der Waals surface area contributed by atoms with Crippen molar-refractivity contribution in [3.05, 3.63) is 138 Å². The standard InChI is InChI=1S/C34H35NO3S/c1-3-4-26-35(39(37,38)32-22-20-28(2)21-23-32)33(27-30-16-10-6-11-17-30)34(36,31-18-12-7-13-19-31)25-24-29-14-8-5-9-15-29/h5-23,33,36H,3-4,26-27H2,1-2H3. The van der Waals surface area contributed by atoms with E-state index in [1.54, 1.807) is 24.3 Å². The van der Waals surface area contributed by atoms with E-state index in [0.717, 1.165) is 23.1 Å². The molecule has 0 saturated heterocycles. The molecule has 4 aromatic rings. The van der Waals surface area contributed by atoms with Gasteiger partial charge in [-0.1, -0.05) is 122 Å². The lowest BCUT2D eigenvalue weighted by Crippen LogP contribution is -2.54. The van der Waals surface area contributed by atoms with Crippen molar-refractivity contribution in [3.8, 4) is 11.8 Å². The third-order valence-electron chi connectivity index (χ3n) is 6.85. The van der Waals surface area contributed by atoms with Crippen molar-refractivity contribution in [2.45, 2.75) is 49.6 Å². The van der Waals surface area contributed by atoms with Crippen LogP contribution in [0.4, 0.5) is 0 Å². The van der Waals surface area contributed by atoms with Crippen LogP contribution in [0.25, 0.3) is 0 Å². The normalized spacial score (nSPS) is 13.7. The first-order valence-corrected chi connectivity index (χ1v) is 14.8. The zero-order valence-electron chi connectivity index (χ0n) is 22.5. The van der Waals surface area contributed by atoms with Gasteiger partial charge in [0.2, 0.25) is 10.0 Å².